The zero-order chi connectivity index (χ0) is 19.3. The predicted octanol–water partition coefficient (Wildman–Crippen LogP) is 3.11. The molecule has 0 aliphatic carbocycles. The van der Waals surface area contributed by atoms with E-state index in [-0.39, 0.29) is 18.9 Å². The van der Waals surface area contributed by atoms with Crippen molar-refractivity contribution in [1.82, 2.24) is 0 Å². The average molecular weight is 376 g/mol. The Morgan fingerprint density at radius 3 is 2.27 bits per heavy atom. The minimum Gasteiger partial charge on any atom is -0.497 e. The van der Waals surface area contributed by atoms with Gasteiger partial charge in [0, 0.05) is 18.7 Å². The van der Waals surface area contributed by atoms with Crippen LogP contribution in [0.1, 0.15) is 17.5 Å². The first-order valence-corrected chi connectivity index (χ1v) is 10.0. The number of hydrogen-bond acceptors (Lipinski definition) is 4. The quantitative estimate of drug-likeness (QED) is 0.806. The van der Waals surface area contributed by atoms with Crippen LogP contribution in [0.15, 0.2) is 42.5 Å². The molecule has 0 saturated heterocycles. The second-order valence-corrected chi connectivity index (χ2v) is 8.04. The van der Waals surface area contributed by atoms with E-state index in [4.69, 9.17) is 4.74 Å². The Balaban J connectivity index is 2.06. The van der Waals surface area contributed by atoms with Gasteiger partial charge in [-0.25, -0.2) is 8.42 Å². The number of ether oxygens (including phenoxy) is 1. The van der Waals surface area contributed by atoms with E-state index in [2.05, 4.69) is 5.32 Å². The number of hydrogen-bond donors (Lipinski definition) is 1. The SMILES string of the molecule is COc1ccc(N(CCC(=O)Nc2ccc(C)c(C)c2)S(C)(=O)=O)cc1. The van der Waals surface area contributed by atoms with Crippen LogP contribution in [0.5, 0.6) is 5.75 Å². The lowest BCUT2D eigenvalue weighted by atomic mass is 10.1. The van der Waals surface area contributed by atoms with Crippen molar-refractivity contribution in [2.24, 2.45) is 0 Å². The lowest BCUT2D eigenvalue weighted by Crippen LogP contribution is -2.33. The fraction of sp³-hybridized carbons (Fsp3) is 0.316. The van der Waals surface area contributed by atoms with Crippen LogP contribution in [-0.2, 0) is 14.8 Å². The molecule has 0 fully saturated rings. The van der Waals surface area contributed by atoms with Gasteiger partial charge in [0.15, 0.2) is 0 Å². The summed E-state index contributed by atoms with van der Waals surface area (Å²) in [6, 6.07) is 12.3. The minimum absolute atomic E-state index is 0.0476. The first-order valence-electron chi connectivity index (χ1n) is 8.19. The van der Waals surface area contributed by atoms with Crippen molar-refractivity contribution in [2.75, 3.05) is 29.5 Å². The highest BCUT2D eigenvalue weighted by atomic mass is 32.2. The molecule has 0 bridgehead atoms. The van der Waals surface area contributed by atoms with Crippen LogP contribution in [-0.4, -0.2) is 34.2 Å². The summed E-state index contributed by atoms with van der Waals surface area (Å²) in [5, 5.41) is 2.81. The molecule has 1 N–H and O–H groups in total. The van der Waals surface area contributed by atoms with Gasteiger partial charge >= 0.3 is 0 Å². The van der Waals surface area contributed by atoms with E-state index in [1.165, 1.54) is 4.31 Å². The summed E-state index contributed by atoms with van der Waals surface area (Å²) in [6.07, 6.45) is 1.17. The van der Waals surface area contributed by atoms with E-state index in [1.54, 1.807) is 31.4 Å². The number of aryl methyl sites for hydroxylation is 2. The molecule has 26 heavy (non-hydrogen) atoms. The monoisotopic (exact) mass is 376 g/mol. The lowest BCUT2D eigenvalue weighted by Gasteiger charge is -2.22. The highest BCUT2D eigenvalue weighted by Gasteiger charge is 2.18. The molecule has 0 heterocycles. The summed E-state index contributed by atoms with van der Waals surface area (Å²) in [7, 11) is -1.96. The topological polar surface area (TPSA) is 75.7 Å². The number of benzene rings is 2. The van der Waals surface area contributed by atoms with E-state index in [9.17, 15) is 13.2 Å². The van der Waals surface area contributed by atoms with Crippen molar-refractivity contribution >= 4 is 27.3 Å². The fourth-order valence-electron chi connectivity index (χ4n) is 2.48. The van der Waals surface area contributed by atoms with Gasteiger partial charge in [-0.1, -0.05) is 6.07 Å². The summed E-state index contributed by atoms with van der Waals surface area (Å²) in [4.78, 5) is 12.2. The molecule has 0 aliphatic rings. The van der Waals surface area contributed by atoms with Crippen LogP contribution in [0.2, 0.25) is 0 Å². The molecule has 140 valence electrons. The van der Waals surface area contributed by atoms with Gasteiger partial charge in [0.05, 0.1) is 19.1 Å². The zero-order valence-corrected chi connectivity index (χ0v) is 16.3. The normalized spacial score (nSPS) is 11.1. The van der Waals surface area contributed by atoms with Gasteiger partial charge in [-0.3, -0.25) is 9.10 Å². The fourth-order valence-corrected chi connectivity index (χ4v) is 3.41. The maximum absolute atomic E-state index is 12.2. The number of nitrogens with zero attached hydrogens (tertiary/aromatic N) is 1. The highest BCUT2D eigenvalue weighted by Crippen LogP contribution is 2.22. The van der Waals surface area contributed by atoms with E-state index < -0.39 is 10.0 Å². The van der Waals surface area contributed by atoms with Gasteiger partial charge in [0.25, 0.3) is 0 Å². The largest absolute Gasteiger partial charge is 0.497 e. The summed E-state index contributed by atoms with van der Waals surface area (Å²) in [5.41, 5.74) is 3.42. The molecule has 0 atom stereocenters. The van der Waals surface area contributed by atoms with Crippen LogP contribution in [0.4, 0.5) is 11.4 Å². The third kappa shape index (κ3) is 5.23. The Bertz CT molecular complexity index is 877. The molecule has 0 aliphatic heterocycles. The van der Waals surface area contributed by atoms with Gasteiger partial charge in [-0.05, 0) is 61.4 Å². The Morgan fingerprint density at radius 2 is 1.73 bits per heavy atom. The molecule has 0 aromatic heterocycles. The van der Waals surface area contributed by atoms with Gasteiger partial charge in [-0.2, -0.15) is 0 Å². The summed E-state index contributed by atoms with van der Waals surface area (Å²) in [5.74, 6) is 0.394. The van der Waals surface area contributed by atoms with Crippen molar-refractivity contribution in [3.05, 3.63) is 53.6 Å². The predicted molar refractivity (Wildman–Crippen MR) is 104 cm³/mol. The Kier molecular flexibility index (Phi) is 6.26. The minimum atomic E-state index is -3.51. The van der Waals surface area contributed by atoms with Crippen LogP contribution in [0, 0.1) is 13.8 Å². The Labute approximate surface area is 154 Å². The second kappa shape index (κ2) is 8.23. The van der Waals surface area contributed by atoms with Crippen LogP contribution in [0.25, 0.3) is 0 Å². The van der Waals surface area contributed by atoms with E-state index >= 15 is 0 Å². The van der Waals surface area contributed by atoms with Gasteiger partial charge < -0.3 is 10.1 Å². The summed E-state index contributed by atoms with van der Waals surface area (Å²) >= 11 is 0. The molecule has 2 rings (SSSR count). The number of anilines is 2. The van der Waals surface area contributed by atoms with Crippen LogP contribution in [0.3, 0.4) is 0 Å². The molecule has 2 aromatic carbocycles. The number of carbonyl (C=O) groups is 1. The maximum atomic E-state index is 12.2. The Hall–Kier alpha value is -2.54. The molecule has 7 heteroatoms. The van der Waals surface area contributed by atoms with Crippen molar-refractivity contribution in [3.63, 3.8) is 0 Å². The summed E-state index contributed by atoms with van der Waals surface area (Å²) < 4.78 is 30.5. The molecular formula is C19H24N2O4S. The molecule has 0 spiro atoms. The smallest absolute Gasteiger partial charge is 0.232 e. The summed E-state index contributed by atoms with van der Waals surface area (Å²) in [6.45, 7) is 4.03. The van der Waals surface area contributed by atoms with E-state index in [1.807, 2.05) is 32.0 Å². The molecular weight excluding hydrogens is 352 g/mol. The molecule has 6 nitrogen and oxygen atoms in total. The van der Waals surface area contributed by atoms with Crippen molar-refractivity contribution in [1.29, 1.82) is 0 Å². The number of carbonyl (C=O) groups excluding carboxylic acids is 1. The molecule has 0 radical (unpaired) electrons. The number of nitrogens with one attached hydrogen (secondary N) is 1. The highest BCUT2D eigenvalue weighted by molar-refractivity contribution is 7.92. The Morgan fingerprint density at radius 1 is 1.08 bits per heavy atom. The molecule has 1 amide bonds. The van der Waals surface area contributed by atoms with Crippen LogP contribution < -0.4 is 14.4 Å². The second-order valence-electron chi connectivity index (χ2n) is 6.13. The standard InChI is InChI=1S/C19H24N2O4S/c1-14-5-6-16(13-15(14)2)20-19(22)11-12-21(26(4,23)24)17-7-9-18(25-3)10-8-17/h5-10,13H,11-12H2,1-4H3,(H,20,22). The molecule has 2 aromatic rings. The third-order valence-corrected chi connectivity index (χ3v) is 5.29. The van der Waals surface area contributed by atoms with Gasteiger partial charge in [0.2, 0.25) is 15.9 Å². The van der Waals surface area contributed by atoms with E-state index in [0.717, 1.165) is 17.4 Å². The number of sulfonamides is 1. The van der Waals surface area contributed by atoms with Crippen molar-refractivity contribution in [3.8, 4) is 5.75 Å². The molecule has 0 unspecified atom stereocenters. The first kappa shape index (κ1) is 19.8. The van der Waals surface area contributed by atoms with Crippen LogP contribution >= 0.6 is 0 Å². The van der Waals surface area contributed by atoms with Crippen molar-refractivity contribution in [2.45, 2.75) is 20.3 Å². The average Bonchev–Trinajstić information content (AvgIpc) is 2.58. The van der Waals surface area contributed by atoms with Crippen molar-refractivity contribution < 1.29 is 17.9 Å². The molecule has 0 saturated carbocycles. The first-order chi connectivity index (χ1) is 12.2. The van der Waals surface area contributed by atoms with Gasteiger partial charge in [-0.15, -0.1) is 0 Å². The lowest BCUT2D eigenvalue weighted by molar-refractivity contribution is -0.116. The zero-order valence-electron chi connectivity index (χ0n) is 15.4. The third-order valence-electron chi connectivity index (χ3n) is 4.09. The maximum Gasteiger partial charge on any atom is 0.232 e. The van der Waals surface area contributed by atoms with E-state index in [0.29, 0.717) is 17.1 Å². The van der Waals surface area contributed by atoms with Gasteiger partial charge in [0.1, 0.15) is 5.75 Å². The number of rotatable bonds is 7. The number of methoxy groups -OCH3 is 1. The number of amides is 1.